The van der Waals surface area contributed by atoms with Crippen LogP contribution in [0.3, 0.4) is 0 Å². The molecule has 5 rings (SSSR count). The minimum atomic E-state index is 0.159. The third-order valence-corrected chi connectivity index (χ3v) is 6.71. The van der Waals surface area contributed by atoms with Crippen molar-refractivity contribution < 1.29 is 9.32 Å². The average molecular weight is 367 g/mol. The SMILES string of the molecule is Cc1cc(CNC(=O)CC23C[C@H]4C[C@@H](CC(Br)(C4)C2)C3)on1. The summed E-state index contributed by atoms with van der Waals surface area (Å²) in [6, 6.07) is 1.87. The van der Waals surface area contributed by atoms with Crippen molar-refractivity contribution >= 4 is 21.8 Å². The van der Waals surface area contributed by atoms with E-state index in [2.05, 4.69) is 26.4 Å². The topological polar surface area (TPSA) is 55.1 Å². The van der Waals surface area contributed by atoms with Gasteiger partial charge in [0.15, 0.2) is 5.76 Å². The second-order valence-electron chi connectivity index (χ2n) is 8.00. The van der Waals surface area contributed by atoms with Crippen molar-refractivity contribution in [2.24, 2.45) is 17.3 Å². The fraction of sp³-hybridized carbons (Fsp3) is 0.765. The molecule has 4 saturated carbocycles. The van der Waals surface area contributed by atoms with Crippen molar-refractivity contribution in [2.45, 2.75) is 62.7 Å². The number of hydrogen-bond donors (Lipinski definition) is 1. The quantitative estimate of drug-likeness (QED) is 0.826. The summed E-state index contributed by atoms with van der Waals surface area (Å²) in [5.41, 5.74) is 1.08. The van der Waals surface area contributed by atoms with Crippen molar-refractivity contribution in [1.82, 2.24) is 10.5 Å². The van der Waals surface area contributed by atoms with Crippen LogP contribution >= 0.6 is 15.9 Å². The molecule has 0 aliphatic heterocycles. The van der Waals surface area contributed by atoms with E-state index < -0.39 is 0 Å². The zero-order valence-electron chi connectivity index (χ0n) is 13.0. The Balaban J connectivity index is 1.39. The van der Waals surface area contributed by atoms with Crippen LogP contribution in [-0.4, -0.2) is 15.4 Å². The minimum Gasteiger partial charge on any atom is -0.359 e. The smallest absolute Gasteiger partial charge is 0.220 e. The van der Waals surface area contributed by atoms with Crippen LogP contribution in [0, 0.1) is 24.2 Å². The van der Waals surface area contributed by atoms with Gasteiger partial charge in [-0.2, -0.15) is 0 Å². The lowest BCUT2D eigenvalue weighted by Crippen LogP contribution is -2.54. The lowest BCUT2D eigenvalue weighted by Gasteiger charge is -2.60. The number of carbonyl (C=O) groups excluding carboxylic acids is 1. The molecule has 1 aromatic heterocycles. The first-order valence-corrected chi connectivity index (χ1v) is 9.11. The molecule has 0 radical (unpaired) electrons. The molecule has 0 saturated heterocycles. The lowest BCUT2D eigenvalue weighted by atomic mass is 9.48. The van der Waals surface area contributed by atoms with Gasteiger partial charge in [0.25, 0.3) is 0 Å². The number of hydrogen-bond acceptors (Lipinski definition) is 3. The van der Waals surface area contributed by atoms with Crippen LogP contribution in [0.25, 0.3) is 0 Å². The zero-order chi connectivity index (χ0) is 15.4. The van der Waals surface area contributed by atoms with Crippen LogP contribution in [0.2, 0.25) is 0 Å². The Labute approximate surface area is 139 Å². The molecular formula is C17H23BrN2O2. The Kier molecular flexibility index (Phi) is 3.40. The first-order valence-electron chi connectivity index (χ1n) is 8.32. The van der Waals surface area contributed by atoms with Gasteiger partial charge in [0.1, 0.15) is 0 Å². The normalized spacial score (nSPS) is 39.2. The number of carbonyl (C=O) groups is 1. The average Bonchev–Trinajstić information content (AvgIpc) is 2.78. The van der Waals surface area contributed by atoms with E-state index in [-0.39, 0.29) is 11.3 Å². The molecular weight excluding hydrogens is 344 g/mol. The van der Waals surface area contributed by atoms with Crippen LogP contribution in [-0.2, 0) is 11.3 Å². The van der Waals surface area contributed by atoms with Crippen LogP contribution in [0.5, 0.6) is 0 Å². The molecule has 5 heteroatoms. The molecule has 4 aliphatic rings. The number of halogens is 1. The summed E-state index contributed by atoms with van der Waals surface area (Å²) in [6.07, 6.45) is 8.32. The van der Waals surface area contributed by atoms with E-state index in [0.717, 1.165) is 23.3 Å². The van der Waals surface area contributed by atoms with Crippen molar-refractivity contribution in [3.05, 3.63) is 17.5 Å². The molecule has 22 heavy (non-hydrogen) atoms. The van der Waals surface area contributed by atoms with Gasteiger partial charge in [0, 0.05) is 16.8 Å². The molecule has 4 fully saturated rings. The lowest BCUT2D eigenvalue weighted by molar-refractivity contribution is -0.128. The van der Waals surface area contributed by atoms with Gasteiger partial charge in [-0.05, 0) is 62.7 Å². The summed E-state index contributed by atoms with van der Waals surface area (Å²) in [7, 11) is 0. The molecule has 120 valence electrons. The maximum atomic E-state index is 12.4. The Morgan fingerprint density at radius 2 is 2.14 bits per heavy atom. The molecule has 1 amide bonds. The van der Waals surface area contributed by atoms with Crippen LogP contribution < -0.4 is 5.32 Å². The fourth-order valence-electron chi connectivity index (χ4n) is 5.63. The maximum Gasteiger partial charge on any atom is 0.220 e. The third kappa shape index (κ3) is 2.72. The van der Waals surface area contributed by atoms with Gasteiger partial charge in [-0.15, -0.1) is 0 Å². The maximum absolute atomic E-state index is 12.4. The number of nitrogens with one attached hydrogen (secondary N) is 1. The predicted octanol–water partition coefficient (Wildman–Crippen LogP) is 3.72. The number of alkyl halides is 1. The van der Waals surface area contributed by atoms with Crippen LogP contribution in [0.4, 0.5) is 0 Å². The Bertz CT molecular complexity index is 583. The fourth-order valence-corrected chi connectivity index (χ4v) is 7.14. The number of aryl methyl sites for hydroxylation is 1. The van der Waals surface area contributed by atoms with E-state index in [1.165, 1.54) is 38.5 Å². The van der Waals surface area contributed by atoms with E-state index in [1.807, 2.05) is 13.0 Å². The van der Waals surface area contributed by atoms with E-state index in [9.17, 15) is 4.79 Å². The molecule has 0 unspecified atom stereocenters. The van der Waals surface area contributed by atoms with Crippen molar-refractivity contribution in [3.8, 4) is 0 Å². The summed E-state index contributed by atoms with van der Waals surface area (Å²) in [6.45, 7) is 2.34. The predicted molar refractivity (Wildman–Crippen MR) is 86.5 cm³/mol. The van der Waals surface area contributed by atoms with Crippen LogP contribution in [0.1, 0.15) is 56.4 Å². The first kappa shape index (κ1) is 14.7. The highest BCUT2D eigenvalue weighted by Gasteiger charge is 2.57. The van der Waals surface area contributed by atoms with E-state index in [1.54, 1.807) is 0 Å². The summed E-state index contributed by atoms with van der Waals surface area (Å²) in [5, 5.41) is 6.86. The van der Waals surface area contributed by atoms with Gasteiger partial charge in [-0.1, -0.05) is 21.1 Å². The molecule has 4 aliphatic carbocycles. The Morgan fingerprint density at radius 3 is 2.73 bits per heavy atom. The molecule has 0 spiro atoms. The Hall–Kier alpha value is -0.840. The molecule has 4 nitrogen and oxygen atoms in total. The van der Waals surface area contributed by atoms with E-state index in [0.29, 0.717) is 17.3 Å². The highest BCUT2D eigenvalue weighted by atomic mass is 79.9. The van der Waals surface area contributed by atoms with E-state index in [4.69, 9.17) is 4.52 Å². The monoisotopic (exact) mass is 366 g/mol. The standard InChI is InChI=1S/C17H23BrN2O2/c1-11-2-14(22-20-11)9-19-15(21)8-16-4-12-3-13(5-16)7-17(18,6-12)10-16/h2,12-13H,3-10H2,1H3,(H,19,21)/t12-,13-,16?,17?/m1/s1. The third-order valence-electron chi connectivity index (χ3n) is 5.78. The van der Waals surface area contributed by atoms with Crippen molar-refractivity contribution in [1.29, 1.82) is 0 Å². The summed E-state index contributed by atoms with van der Waals surface area (Å²) in [4.78, 5) is 12.4. The molecule has 1 aromatic rings. The van der Waals surface area contributed by atoms with E-state index >= 15 is 0 Å². The number of aromatic nitrogens is 1. The van der Waals surface area contributed by atoms with Gasteiger partial charge < -0.3 is 9.84 Å². The summed E-state index contributed by atoms with van der Waals surface area (Å²) in [5.74, 6) is 2.54. The molecule has 2 atom stereocenters. The Morgan fingerprint density at radius 1 is 1.41 bits per heavy atom. The minimum absolute atomic E-state index is 0.159. The molecule has 0 aromatic carbocycles. The first-order chi connectivity index (χ1) is 10.4. The number of amides is 1. The largest absolute Gasteiger partial charge is 0.359 e. The zero-order valence-corrected chi connectivity index (χ0v) is 14.6. The van der Waals surface area contributed by atoms with Crippen LogP contribution in [0.15, 0.2) is 10.6 Å². The van der Waals surface area contributed by atoms with Gasteiger partial charge in [-0.3, -0.25) is 4.79 Å². The second-order valence-corrected chi connectivity index (χ2v) is 9.68. The highest BCUT2D eigenvalue weighted by Crippen LogP contribution is 2.65. The highest BCUT2D eigenvalue weighted by molar-refractivity contribution is 9.10. The molecule has 1 heterocycles. The number of rotatable bonds is 4. The number of nitrogens with zero attached hydrogens (tertiary/aromatic N) is 1. The summed E-state index contributed by atoms with van der Waals surface area (Å²) < 4.78 is 5.47. The molecule has 4 bridgehead atoms. The van der Waals surface area contributed by atoms with Gasteiger partial charge in [0.2, 0.25) is 5.91 Å². The van der Waals surface area contributed by atoms with Gasteiger partial charge >= 0.3 is 0 Å². The van der Waals surface area contributed by atoms with Crippen molar-refractivity contribution in [2.75, 3.05) is 0 Å². The van der Waals surface area contributed by atoms with Crippen molar-refractivity contribution in [3.63, 3.8) is 0 Å². The second kappa shape index (κ2) is 5.08. The van der Waals surface area contributed by atoms with Gasteiger partial charge in [0.05, 0.1) is 12.2 Å². The summed E-state index contributed by atoms with van der Waals surface area (Å²) >= 11 is 4.01. The molecule has 1 N–H and O–H groups in total. The van der Waals surface area contributed by atoms with Gasteiger partial charge in [-0.25, -0.2) is 0 Å².